The van der Waals surface area contributed by atoms with Crippen LogP contribution >= 0.6 is 59.4 Å². The van der Waals surface area contributed by atoms with Crippen LogP contribution in [0, 0.1) is 0 Å². The van der Waals surface area contributed by atoms with Gasteiger partial charge >= 0.3 is 0 Å². The van der Waals surface area contributed by atoms with Gasteiger partial charge in [-0.2, -0.15) is 0 Å². The van der Waals surface area contributed by atoms with E-state index >= 15 is 0 Å². The van der Waals surface area contributed by atoms with Gasteiger partial charge in [-0.25, -0.2) is 0 Å². The van der Waals surface area contributed by atoms with Crippen molar-refractivity contribution < 1.29 is 0 Å². The summed E-state index contributed by atoms with van der Waals surface area (Å²) in [4.78, 5) is 0. The molecule has 0 aliphatic rings. The minimum Gasteiger partial charge on any atom is -0.0840 e. The van der Waals surface area contributed by atoms with Gasteiger partial charge in [0.15, 0.2) is 0 Å². The summed E-state index contributed by atoms with van der Waals surface area (Å²) in [6.07, 6.45) is 0.784. The largest absolute Gasteiger partial charge is 0.139 e. The highest BCUT2D eigenvalue weighted by Gasteiger charge is 2.19. The molecule has 0 aliphatic heterocycles. The van der Waals surface area contributed by atoms with E-state index < -0.39 is 0 Å². The van der Waals surface area contributed by atoms with Crippen LogP contribution in [0.5, 0.6) is 0 Å². The van der Waals surface area contributed by atoms with Crippen LogP contribution in [-0.2, 0) is 6.42 Å². The molecule has 0 heterocycles. The maximum absolute atomic E-state index is 5.97. The summed E-state index contributed by atoms with van der Waals surface area (Å²) >= 11 is 16.2. The zero-order valence-corrected chi connectivity index (χ0v) is 11.5. The van der Waals surface area contributed by atoms with Crippen LogP contribution in [0.25, 0.3) is 0 Å². The molecule has 0 saturated heterocycles. The highest BCUT2D eigenvalue weighted by Crippen LogP contribution is 2.38. The molecule has 0 bridgehead atoms. The van der Waals surface area contributed by atoms with Crippen LogP contribution < -0.4 is 0 Å². The molecule has 0 amide bonds. The lowest BCUT2D eigenvalue weighted by Crippen LogP contribution is -2.04. The van der Waals surface area contributed by atoms with E-state index in [1.807, 2.05) is 24.3 Å². The first-order chi connectivity index (χ1) is 5.49. The molecule has 0 nitrogen and oxygen atoms in total. The molecule has 0 radical (unpaired) electrons. The molecule has 0 aliphatic carbocycles. The van der Waals surface area contributed by atoms with E-state index in [1.54, 1.807) is 0 Å². The van der Waals surface area contributed by atoms with Crippen molar-refractivity contribution in [2.45, 2.75) is 8.56 Å². The Morgan fingerprint density at radius 3 is 2.25 bits per heavy atom. The van der Waals surface area contributed by atoms with E-state index in [0.717, 1.165) is 17.0 Å². The van der Waals surface area contributed by atoms with Gasteiger partial charge in [-0.1, -0.05) is 77.6 Å². The normalized spacial score (nSPS) is 11.7. The van der Waals surface area contributed by atoms with Gasteiger partial charge in [0, 0.05) is 11.4 Å². The van der Waals surface area contributed by atoms with Crippen molar-refractivity contribution in [2.75, 3.05) is 0 Å². The fourth-order valence-corrected chi connectivity index (χ4v) is 1.97. The molecule has 66 valence electrons. The van der Waals surface area contributed by atoms with Crippen molar-refractivity contribution in [1.29, 1.82) is 0 Å². The fourth-order valence-electron chi connectivity index (χ4n) is 0.858. The molecule has 0 fully saturated rings. The zero-order chi connectivity index (χ0) is 9.19. The standard InChI is InChI=1S/C8H6Br3Cl/c9-8(10,11)5-6-3-1-2-4-7(6)12/h1-4H,5H2. The predicted molar refractivity (Wildman–Crippen MR) is 64.7 cm³/mol. The third-order valence-corrected chi connectivity index (χ3v) is 2.56. The molecular weight excluding hydrogens is 371 g/mol. The molecule has 1 aromatic rings. The Hall–Kier alpha value is 0.950. The van der Waals surface area contributed by atoms with Crippen LogP contribution in [-0.4, -0.2) is 2.14 Å². The molecule has 0 unspecified atom stereocenters. The summed E-state index contributed by atoms with van der Waals surface area (Å²) in [6.45, 7) is 0. The number of rotatable bonds is 1. The lowest BCUT2D eigenvalue weighted by atomic mass is 10.2. The maximum atomic E-state index is 5.97. The first-order valence-corrected chi connectivity index (χ1v) is 6.05. The third kappa shape index (κ3) is 3.77. The van der Waals surface area contributed by atoms with Crippen LogP contribution in [0.1, 0.15) is 5.56 Å². The molecule has 1 aromatic carbocycles. The van der Waals surface area contributed by atoms with Gasteiger partial charge in [0.1, 0.15) is 2.14 Å². The van der Waals surface area contributed by atoms with Gasteiger partial charge in [0.25, 0.3) is 0 Å². The fraction of sp³-hybridized carbons (Fsp3) is 0.250. The Labute approximate surface area is 102 Å². The van der Waals surface area contributed by atoms with E-state index in [-0.39, 0.29) is 2.14 Å². The Morgan fingerprint density at radius 2 is 1.75 bits per heavy atom. The van der Waals surface area contributed by atoms with Crippen molar-refractivity contribution in [3.8, 4) is 0 Å². The van der Waals surface area contributed by atoms with E-state index in [9.17, 15) is 0 Å². The number of hydrogen-bond donors (Lipinski definition) is 0. The number of alkyl halides is 3. The van der Waals surface area contributed by atoms with Gasteiger partial charge in [-0.3, -0.25) is 0 Å². The second-order valence-corrected chi connectivity index (χ2v) is 10.0. The Kier molecular flexibility index (Phi) is 4.09. The molecule has 1 rings (SSSR count). The Morgan fingerprint density at radius 1 is 1.17 bits per heavy atom. The summed E-state index contributed by atoms with van der Waals surface area (Å²) < 4.78 is -0.252. The Balaban J connectivity index is 2.83. The highest BCUT2D eigenvalue weighted by atomic mass is 80.0. The summed E-state index contributed by atoms with van der Waals surface area (Å²) in [7, 11) is 0. The maximum Gasteiger partial charge on any atom is 0.139 e. The summed E-state index contributed by atoms with van der Waals surface area (Å²) in [6, 6.07) is 7.78. The van der Waals surface area contributed by atoms with Gasteiger partial charge in [0.2, 0.25) is 0 Å². The van der Waals surface area contributed by atoms with Crippen molar-refractivity contribution in [2.24, 2.45) is 0 Å². The van der Waals surface area contributed by atoms with E-state index in [1.165, 1.54) is 0 Å². The smallest absolute Gasteiger partial charge is 0.0840 e. The lowest BCUT2D eigenvalue weighted by Gasteiger charge is -2.12. The number of hydrogen-bond acceptors (Lipinski definition) is 0. The second kappa shape index (κ2) is 4.45. The summed E-state index contributed by atoms with van der Waals surface area (Å²) in [5, 5.41) is 0.792. The monoisotopic (exact) mass is 374 g/mol. The van der Waals surface area contributed by atoms with Crippen LogP contribution in [0.3, 0.4) is 0 Å². The molecule has 0 atom stereocenters. The summed E-state index contributed by atoms with van der Waals surface area (Å²) in [5.74, 6) is 0. The van der Waals surface area contributed by atoms with Crippen molar-refractivity contribution in [1.82, 2.24) is 0 Å². The highest BCUT2D eigenvalue weighted by molar-refractivity contribution is 9.39. The minimum atomic E-state index is -0.252. The summed E-state index contributed by atoms with van der Waals surface area (Å²) in [5.41, 5.74) is 1.10. The lowest BCUT2D eigenvalue weighted by molar-refractivity contribution is 1.10. The molecular formula is C8H6Br3Cl. The molecule has 0 saturated carbocycles. The second-order valence-electron chi connectivity index (χ2n) is 2.38. The van der Waals surface area contributed by atoms with Gasteiger partial charge < -0.3 is 0 Å². The van der Waals surface area contributed by atoms with Gasteiger partial charge in [0.05, 0.1) is 0 Å². The third-order valence-electron chi connectivity index (χ3n) is 1.35. The van der Waals surface area contributed by atoms with E-state index in [4.69, 9.17) is 11.6 Å². The molecule has 0 N–H and O–H groups in total. The van der Waals surface area contributed by atoms with Crippen LogP contribution in [0.4, 0.5) is 0 Å². The van der Waals surface area contributed by atoms with Crippen LogP contribution in [0.2, 0.25) is 5.02 Å². The van der Waals surface area contributed by atoms with Gasteiger partial charge in [-0.05, 0) is 11.6 Å². The quantitative estimate of drug-likeness (QED) is 0.622. The molecule has 4 heteroatoms. The predicted octanol–water partition coefficient (Wildman–Crippen LogP) is 4.72. The van der Waals surface area contributed by atoms with Crippen molar-refractivity contribution >= 4 is 59.4 Å². The van der Waals surface area contributed by atoms with Crippen molar-refractivity contribution in [3.63, 3.8) is 0 Å². The van der Waals surface area contributed by atoms with Gasteiger partial charge in [-0.15, -0.1) is 0 Å². The van der Waals surface area contributed by atoms with Crippen molar-refractivity contribution in [3.05, 3.63) is 34.9 Å². The number of benzene rings is 1. The minimum absolute atomic E-state index is 0.252. The first kappa shape index (κ1) is 11.0. The molecule has 12 heavy (non-hydrogen) atoms. The molecule has 0 spiro atoms. The molecule has 0 aromatic heterocycles. The SMILES string of the molecule is Clc1ccccc1CC(Br)(Br)Br. The average Bonchev–Trinajstić information content (AvgIpc) is 1.91. The zero-order valence-electron chi connectivity index (χ0n) is 6.03. The van der Waals surface area contributed by atoms with E-state index in [0.29, 0.717) is 0 Å². The van der Waals surface area contributed by atoms with Crippen LogP contribution in [0.15, 0.2) is 24.3 Å². The van der Waals surface area contributed by atoms with E-state index in [2.05, 4.69) is 47.8 Å². The topological polar surface area (TPSA) is 0 Å². The first-order valence-electron chi connectivity index (χ1n) is 3.29. The number of halogens is 4. The Bertz CT molecular complexity index is 267. The average molecular weight is 377 g/mol.